The lowest BCUT2D eigenvalue weighted by atomic mass is 10.1. The van der Waals surface area contributed by atoms with Crippen LogP contribution in [0.2, 0.25) is 0 Å². The number of aromatic nitrogens is 2. The predicted octanol–water partition coefficient (Wildman–Crippen LogP) is 1.61. The monoisotopic (exact) mass is 334 g/mol. The van der Waals surface area contributed by atoms with Crippen molar-refractivity contribution >= 4 is 5.91 Å². The van der Waals surface area contributed by atoms with Crippen LogP contribution in [-0.2, 0) is 22.4 Å². The van der Waals surface area contributed by atoms with E-state index in [4.69, 9.17) is 4.74 Å². The van der Waals surface area contributed by atoms with Crippen molar-refractivity contribution in [2.24, 2.45) is 0 Å². The molecule has 0 spiro atoms. The van der Waals surface area contributed by atoms with Crippen molar-refractivity contribution in [1.82, 2.24) is 19.8 Å². The molecule has 6 heteroatoms. The highest BCUT2D eigenvalue weighted by Gasteiger charge is 2.39. The minimum Gasteiger partial charge on any atom is -0.380 e. The van der Waals surface area contributed by atoms with Crippen LogP contribution in [-0.4, -0.2) is 71.1 Å². The van der Waals surface area contributed by atoms with E-state index >= 15 is 0 Å². The van der Waals surface area contributed by atoms with Crippen LogP contribution in [0.1, 0.15) is 44.1 Å². The minimum absolute atomic E-state index is 0.159. The third kappa shape index (κ3) is 3.64. The summed E-state index contributed by atoms with van der Waals surface area (Å²) in [6.07, 6.45) is 8.03. The number of likely N-dealkylation sites (N-methyl/N-ethyl adjacent to an activating group) is 1. The van der Waals surface area contributed by atoms with E-state index in [0.717, 1.165) is 43.9 Å². The summed E-state index contributed by atoms with van der Waals surface area (Å²) in [6, 6.07) is 0.788. The molecule has 2 heterocycles. The molecule has 0 aromatic carbocycles. The van der Waals surface area contributed by atoms with Crippen LogP contribution in [0.15, 0.2) is 6.20 Å². The highest BCUT2D eigenvalue weighted by Crippen LogP contribution is 2.31. The number of hydrogen-bond acceptors (Lipinski definition) is 4. The number of carbonyl (C=O) groups is 1. The number of methoxy groups -OCH3 is 1. The van der Waals surface area contributed by atoms with Gasteiger partial charge in [0.1, 0.15) is 5.82 Å². The fourth-order valence-corrected chi connectivity index (χ4v) is 4.17. The molecule has 1 saturated carbocycles. The Morgan fingerprint density at radius 3 is 2.96 bits per heavy atom. The Kier molecular flexibility index (Phi) is 5.56. The summed E-state index contributed by atoms with van der Waals surface area (Å²) in [5, 5.41) is 0. The number of aromatic amines is 1. The molecule has 1 aliphatic carbocycles. The number of aryl methyl sites for hydroxylation is 1. The van der Waals surface area contributed by atoms with Crippen LogP contribution in [0, 0.1) is 0 Å². The van der Waals surface area contributed by atoms with Gasteiger partial charge in [0.25, 0.3) is 0 Å². The van der Waals surface area contributed by atoms with Gasteiger partial charge in [-0.3, -0.25) is 9.69 Å². The van der Waals surface area contributed by atoms with Gasteiger partial charge in [0.2, 0.25) is 5.91 Å². The molecule has 1 amide bonds. The van der Waals surface area contributed by atoms with Crippen LogP contribution in [0.4, 0.5) is 0 Å². The van der Waals surface area contributed by atoms with Gasteiger partial charge in [-0.2, -0.15) is 0 Å². The zero-order chi connectivity index (χ0) is 17.1. The van der Waals surface area contributed by atoms with Gasteiger partial charge < -0.3 is 14.6 Å². The molecule has 2 aliphatic rings. The number of rotatable bonds is 6. The number of likely N-dealkylation sites (tertiary alicyclic amines) is 1. The Balaban J connectivity index is 1.60. The van der Waals surface area contributed by atoms with Crippen molar-refractivity contribution < 1.29 is 9.53 Å². The van der Waals surface area contributed by atoms with E-state index in [1.54, 1.807) is 7.11 Å². The molecule has 0 radical (unpaired) electrons. The smallest absolute Gasteiger partial charge is 0.230 e. The summed E-state index contributed by atoms with van der Waals surface area (Å²) in [7, 11) is 3.75. The summed E-state index contributed by atoms with van der Waals surface area (Å²) in [4.78, 5) is 24.7. The Labute approximate surface area is 144 Å². The maximum Gasteiger partial charge on any atom is 0.230 e. The Bertz CT molecular complexity index is 559. The second-order valence-corrected chi connectivity index (χ2v) is 7.10. The zero-order valence-electron chi connectivity index (χ0n) is 15.1. The third-order valence-corrected chi connectivity index (χ3v) is 5.69. The number of ether oxygens (including phenoxy) is 1. The van der Waals surface area contributed by atoms with Crippen LogP contribution in [0.5, 0.6) is 0 Å². The molecule has 3 rings (SSSR count). The number of nitrogens with one attached hydrogen (secondary N) is 1. The van der Waals surface area contributed by atoms with Gasteiger partial charge in [0, 0.05) is 51.2 Å². The van der Waals surface area contributed by atoms with Gasteiger partial charge in [-0.15, -0.1) is 0 Å². The van der Waals surface area contributed by atoms with Crippen molar-refractivity contribution in [3.8, 4) is 0 Å². The van der Waals surface area contributed by atoms with E-state index < -0.39 is 0 Å². The van der Waals surface area contributed by atoms with Crippen molar-refractivity contribution in [3.63, 3.8) is 0 Å². The lowest BCUT2D eigenvalue weighted by molar-refractivity contribution is -0.132. The van der Waals surface area contributed by atoms with E-state index in [1.807, 2.05) is 18.1 Å². The molecule has 1 aliphatic heterocycles. The number of amides is 1. The third-order valence-electron chi connectivity index (χ3n) is 5.69. The topological polar surface area (TPSA) is 61.5 Å². The fourth-order valence-electron chi connectivity index (χ4n) is 4.17. The quantitative estimate of drug-likeness (QED) is 0.859. The molecule has 6 nitrogen and oxygen atoms in total. The van der Waals surface area contributed by atoms with E-state index in [-0.39, 0.29) is 5.91 Å². The SMILES string of the molecule is CCc1cnc(CC(=O)N(C)[C@@H]2CCC[C@@H]2N2CCC(OC)C2)[nH]1. The molecular formula is C18H30N4O2. The molecule has 3 atom stereocenters. The predicted molar refractivity (Wildman–Crippen MR) is 92.9 cm³/mol. The summed E-state index contributed by atoms with van der Waals surface area (Å²) in [5.41, 5.74) is 1.09. The first-order valence-electron chi connectivity index (χ1n) is 9.17. The van der Waals surface area contributed by atoms with Gasteiger partial charge in [-0.1, -0.05) is 6.92 Å². The highest BCUT2D eigenvalue weighted by atomic mass is 16.5. The Morgan fingerprint density at radius 1 is 1.46 bits per heavy atom. The average Bonchev–Trinajstić information content (AvgIpc) is 3.32. The van der Waals surface area contributed by atoms with E-state index in [2.05, 4.69) is 21.8 Å². The Morgan fingerprint density at radius 2 is 2.29 bits per heavy atom. The molecule has 1 unspecified atom stereocenters. The van der Waals surface area contributed by atoms with Crippen LogP contribution in [0.3, 0.4) is 0 Å². The van der Waals surface area contributed by atoms with Gasteiger partial charge in [0.15, 0.2) is 0 Å². The zero-order valence-corrected chi connectivity index (χ0v) is 15.1. The van der Waals surface area contributed by atoms with E-state index in [9.17, 15) is 4.79 Å². The summed E-state index contributed by atoms with van der Waals surface area (Å²) < 4.78 is 5.50. The van der Waals surface area contributed by atoms with Crippen molar-refractivity contribution in [3.05, 3.63) is 17.7 Å². The minimum atomic E-state index is 0.159. The lowest BCUT2D eigenvalue weighted by Crippen LogP contribution is -2.49. The van der Waals surface area contributed by atoms with Gasteiger partial charge in [0.05, 0.1) is 12.5 Å². The van der Waals surface area contributed by atoms with Gasteiger partial charge in [-0.05, 0) is 32.1 Å². The standard InChI is InChI=1S/C18H30N4O2/c1-4-13-11-19-17(20-13)10-18(23)21(2)15-6-5-7-16(15)22-9-8-14(12-22)24-3/h11,14-16H,4-10,12H2,1-3H3,(H,19,20)/t14?,15-,16+/m1/s1. The number of imidazole rings is 1. The molecule has 1 N–H and O–H groups in total. The summed E-state index contributed by atoms with van der Waals surface area (Å²) in [5.74, 6) is 0.935. The first kappa shape index (κ1) is 17.4. The summed E-state index contributed by atoms with van der Waals surface area (Å²) in [6.45, 7) is 4.16. The number of hydrogen-bond donors (Lipinski definition) is 1. The average molecular weight is 334 g/mol. The van der Waals surface area contributed by atoms with Crippen LogP contribution in [0.25, 0.3) is 0 Å². The van der Waals surface area contributed by atoms with Crippen molar-refractivity contribution in [2.45, 2.75) is 63.6 Å². The second-order valence-electron chi connectivity index (χ2n) is 7.10. The first-order chi connectivity index (χ1) is 11.6. The molecule has 24 heavy (non-hydrogen) atoms. The fraction of sp³-hybridized carbons (Fsp3) is 0.778. The number of H-pyrrole nitrogens is 1. The maximum atomic E-state index is 12.7. The van der Waals surface area contributed by atoms with Gasteiger partial charge in [-0.25, -0.2) is 4.98 Å². The summed E-state index contributed by atoms with van der Waals surface area (Å²) >= 11 is 0. The van der Waals surface area contributed by atoms with E-state index in [0.29, 0.717) is 24.6 Å². The highest BCUT2D eigenvalue weighted by molar-refractivity contribution is 5.78. The molecule has 2 fully saturated rings. The number of nitrogens with zero attached hydrogens (tertiary/aromatic N) is 3. The second kappa shape index (κ2) is 7.66. The number of carbonyl (C=O) groups excluding carboxylic acids is 1. The largest absolute Gasteiger partial charge is 0.380 e. The lowest BCUT2D eigenvalue weighted by Gasteiger charge is -2.35. The normalized spacial score (nSPS) is 27.7. The van der Waals surface area contributed by atoms with Crippen LogP contribution >= 0.6 is 0 Å². The Hall–Kier alpha value is -1.40. The van der Waals surface area contributed by atoms with E-state index in [1.165, 1.54) is 12.8 Å². The van der Waals surface area contributed by atoms with Crippen molar-refractivity contribution in [2.75, 3.05) is 27.2 Å². The molecule has 0 bridgehead atoms. The molecular weight excluding hydrogens is 304 g/mol. The first-order valence-corrected chi connectivity index (χ1v) is 9.17. The molecule has 134 valence electrons. The molecule has 1 aromatic rings. The maximum absolute atomic E-state index is 12.7. The van der Waals surface area contributed by atoms with Crippen LogP contribution < -0.4 is 0 Å². The molecule has 1 saturated heterocycles. The van der Waals surface area contributed by atoms with Gasteiger partial charge >= 0.3 is 0 Å². The van der Waals surface area contributed by atoms with Crippen molar-refractivity contribution in [1.29, 1.82) is 0 Å². The molecule has 1 aromatic heterocycles.